The van der Waals surface area contributed by atoms with Gasteiger partial charge < -0.3 is 9.64 Å². The highest BCUT2D eigenvalue weighted by molar-refractivity contribution is 5.68. The molecule has 122 valence electrons. The number of alkyl halides is 2. The van der Waals surface area contributed by atoms with Crippen LogP contribution in [0.1, 0.15) is 46.5 Å². The lowest BCUT2D eigenvalue weighted by Gasteiger charge is -2.41. The van der Waals surface area contributed by atoms with Crippen LogP contribution in [-0.4, -0.2) is 59.6 Å². The molecule has 0 spiro atoms. The van der Waals surface area contributed by atoms with Crippen molar-refractivity contribution in [3.05, 3.63) is 0 Å². The zero-order valence-electron chi connectivity index (χ0n) is 13.2. The van der Waals surface area contributed by atoms with Crippen LogP contribution in [0, 0.1) is 0 Å². The molecule has 0 radical (unpaired) electrons. The summed E-state index contributed by atoms with van der Waals surface area (Å²) in [5, 5.41) is 0. The molecule has 2 fully saturated rings. The summed E-state index contributed by atoms with van der Waals surface area (Å²) >= 11 is 0. The number of rotatable bonds is 1. The first-order valence-electron chi connectivity index (χ1n) is 7.76. The number of amides is 1. The van der Waals surface area contributed by atoms with Crippen molar-refractivity contribution in [3.63, 3.8) is 0 Å². The quantitative estimate of drug-likeness (QED) is 0.746. The van der Waals surface area contributed by atoms with Gasteiger partial charge in [0.05, 0.1) is 0 Å². The molecule has 0 aliphatic carbocycles. The molecule has 2 saturated heterocycles. The first-order valence-corrected chi connectivity index (χ1v) is 7.76. The van der Waals surface area contributed by atoms with E-state index in [1.807, 2.05) is 20.8 Å². The maximum Gasteiger partial charge on any atom is 0.410 e. The Morgan fingerprint density at radius 1 is 1.10 bits per heavy atom. The van der Waals surface area contributed by atoms with E-state index < -0.39 is 11.5 Å². The van der Waals surface area contributed by atoms with E-state index in [4.69, 9.17) is 4.74 Å². The largest absolute Gasteiger partial charge is 0.444 e. The van der Waals surface area contributed by atoms with Gasteiger partial charge in [0, 0.05) is 45.1 Å². The molecule has 2 heterocycles. The highest BCUT2D eigenvalue weighted by atomic mass is 19.3. The van der Waals surface area contributed by atoms with Crippen LogP contribution >= 0.6 is 0 Å². The number of likely N-dealkylation sites (tertiary alicyclic amines) is 2. The summed E-state index contributed by atoms with van der Waals surface area (Å²) in [6, 6.07) is 0.319. The van der Waals surface area contributed by atoms with Crippen LogP contribution < -0.4 is 0 Å². The minimum atomic E-state index is -2.49. The molecular formula is C15H26F2N2O2. The third-order valence-corrected chi connectivity index (χ3v) is 4.16. The summed E-state index contributed by atoms with van der Waals surface area (Å²) in [6.07, 6.45) is 1.32. The monoisotopic (exact) mass is 304 g/mol. The zero-order valence-corrected chi connectivity index (χ0v) is 13.2. The Hall–Kier alpha value is -0.910. The van der Waals surface area contributed by atoms with Crippen LogP contribution in [0.4, 0.5) is 13.6 Å². The van der Waals surface area contributed by atoms with E-state index >= 15 is 0 Å². The predicted octanol–water partition coefficient (Wildman–Crippen LogP) is 3.12. The summed E-state index contributed by atoms with van der Waals surface area (Å²) in [5.41, 5.74) is -0.480. The van der Waals surface area contributed by atoms with Gasteiger partial charge in [-0.25, -0.2) is 13.6 Å². The fourth-order valence-electron chi connectivity index (χ4n) is 2.96. The summed E-state index contributed by atoms with van der Waals surface area (Å²) in [5.74, 6) is -2.49. The first kappa shape index (κ1) is 16.5. The molecule has 0 saturated carbocycles. The summed E-state index contributed by atoms with van der Waals surface area (Å²) < 4.78 is 31.7. The van der Waals surface area contributed by atoms with Crippen LogP contribution in [0.3, 0.4) is 0 Å². The van der Waals surface area contributed by atoms with Crippen LogP contribution in [0.2, 0.25) is 0 Å². The molecular weight excluding hydrogens is 278 g/mol. The Bertz CT molecular complexity index is 364. The number of ether oxygens (including phenoxy) is 1. The third kappa shape index (κ3) is 4.80. The number of nitrogens with zero attached hydrogens (tertiary/aromatic N) is 2. The number of hydrogen-bond donors (Lipinski definition) is 0. The van der Waals surface area contributed by atoms with Gasteiger partial charge in [-0.15, -0.1) is 0 Å². The van der Waals surface area contributed by atoms with Gasteiger partial charge >= 0.3 is 6.09 Å². The van der Waals surface area contributed by atoms with Gasteiger partial charge in [0.1, 0.15) is 5.60 Å². The molecule has 2 rings (SSSR count). The Morgan fingerprint density at radius 3 is 2.10 bits per heavy atom. The number of carbonyl (C=O) groups is 1. The molecule has 1 amide bonds. The topological polar surface area (TPSA) is 32.8 Å². The van der Waals surface area contributed by atoms with Crippen molar-refractivity contribution in [2.45, 2.75) is 64.0 Å². The lowest BCUT2D eigenvalue weighted by Crippen LogP contribution is -2.51. The molecule has 2 aliphatic heterocycles. The molecule has 6 heteroatoms. The van der Waals surface area contributed by atoms with E-state index in [1.54, 1.807) is 4.90 Å². The fourth-order valence-corrected chi connectivity index (χ4v) is 2.96. The van der Waals surface area contributed by atoms with E-state index in [-0.39, 0.29) is 18.9 Å². The lowest BCUT2D eigenvalue weighted by molar-refractivity contribution is -0.0676. The smallest absolute Gasteiger partial charge is 0.410 e. The van der Waals surface area contributed by atoms with Crippen LogP contribution in [-0.2, 0) is 4.74 Å². The van der Waals surface area contributed by atoms with E-state index in [0.717, 1.165) is 12.8 Å². The number of carbonyl (C=O) groups excluding carboxylic acids is 1. The van der Waals surface area contributed by atoms with E-state index in [9.17, 15) is 13.6 Å². The molecule has 0 atom stereocenters. The molecule has 0 aromatic heterocycles. The minimum absolute atomic E-state index is 0.0424. The molecule has 0 bridgehead atoms. The van der Waals surface area contributed by atoms with Crippen LogP contribution in [0.15, 0.2) is 0 Å². The summed E-state index contributed by atoms with van der Waals surface area (Å²) in [7, 11) is 0. The summed E-state index contributed by atoms with van der Waals surface area (Å²) in [4.78, 5) is 15.9. The molecule has 21 heavy (non-hydrogen) atoms. The van der Waals surface area contributed by atoms with Crippen molar-refractivity contribution in [2.24, 2.45) is 0 Å². The van der Waals surface area contributed by atoms with Gasteiger partial charge in [0.2, 0.25) is 0 Å². The molecule has 0 aromatic rings. The van der Waals surface area contributed by atoms with Gasteiger partial charge in [-0.2, -0.15) is 0 Å². The van der Waals surface area contributed by atoms with E-state index in [0.29, 0.717) is 32.2 Å². The second kappa shape index (κ2) is 6.07. The zero-order chi connectivity index (χ0) is 15.7. The highest BCUT2D eigenvalue weighted by Crippen LogP contribution is 2.30. The molecule has 0 N–H and O–H groups in total. The standard InChI is InChI=1S/C15H26F2N2O2/c1-14(2,3)21-13(20)19-8-4-12(5-9-19)18-10-6-15(16,17)7-11-18/h12H,4-11H2,1-3H3. The maximum atomic E-state index is 13.2. The average molecular weight is 304 g/mol. The van der Waals surface area contributed by atoms with Crippen molar-refractivity contribution < 1.29 is 18.3 Å². The Morgan fingerprint density at radius 2 is 1.62 bits per heavy atom. The second-order valence-electron chi connectivity index (χ2n) is 7.09. The number of halogens is 2. The third-order valence-electron chi connectivity index (χ3n) is 4.16. The van der Waals surface area contributed by atoms with E-state index in [2.05, 4.69) is 4.90 Å². The molecule has 0 aromatic carbocycles. The van der Waals surface area contributed by atoms with E-state index in [1.165, 1.54) is 0 Å². The van der Waals surface area contributed by atoms with Crippen molar-refractivity contribution in [1.82, 2.24) is 9.80 Å². The lowest BCUT2D eigenvalue weighted by atomic mass is 9.99. The number of hydrogen-bond acceptors (Lipinski definition) is 3. The SMILES string of the molecule is CC(C)(C)OC(=O)N1CCC(N2CCC(F)(F)CC2)CC1. The normalized spacial score (nSPS) is 24.9. The van der Waals surface area contributed by atoms with Gasteiger partial charge in [0.25, 0.3) is 5.92 Å². The predicted molar refractivity (Wildman–Crippen MR) is 76.6 cm³/mol. The van der Waals surface area contributed by atoms with Gasteiger partial charge in [-0.1, -0.05) is 0 Å². The van der Waals surface area contributed by atoms with Gasteiger partial charge in [-0.05, 0) is 33.6 Å². The number of piperidine rings is 2. The van der Waals surface area contributed by atoms with Crippen molar-refractivity contribution in [1.29, 1.82) is 0 Å². The van der Waals surface area contributed by atoms with Gasteiger partial charge in [0.15, 0.2) is 0 Å². The summed E-state index contributed by atoms with van der Waals surface area (Å²) in [6.45, 7) is 7.77. The van der Waals surface area contributed by atoms with Crippen molar-refractivity contribution in [2.75, 3.05) is 26.2 Å². The molecule has 2 aliphatic rings. The highest BCUT2D eigenvalue weighted by Gasteiger charge is 2.37. The molecule has 4 nitrogen and oxygen atoms in total. The van der Waals surface area contributed by atoms with Crippen molar-refractivity contribution in [3.8, 4) is 0 Å². The fraction of sp³-hybridized carbons (Fsp3) is 0.933. The van der Waals surface area contributed by atoms with Crippen molar-refractivity contribution >= 4 is 6.09 Å². The van der Waals surface area contributed by atoms with Crippen LogP contribution in [0.25, 0.3) is 0 Å². The Balaban J connectivity index is 1.77. The Labute approximate surface area is 125 Å². The second-order valence-corrected chi connectivity index (χ2v) is 7.09. The minimum Gasteiger partial charge on any atom is -0.444 e. The van der Waals surface area contributed by atoms with Gasteiger partial charge in [-0.3, -0.25) is 4.90 Å². The Kier molecular flexibility index (Phi) is 4.76. The average Bonchev–Trinajstić information content (AvgIpc) is 2.37. The first-order chi connectivity index (χ1) is 9.66. The molecule has 0 unspecified atom stereocenters. The van der Waals surface area contributed by atoms with Crippen LogP contribution in [0.5, 0.6) is 0 Å². The maximum absolute atomic E-state index is 13.2.